The van der Waals surface area contributed by atoms with Crippen molar-refractivity contribution in [2.45, 2.75) is 26.9 Å². The number of halogens is 1. The molecule has 0 radical (unpaired) electrons. The van der Waals surface area contributed by atoms with E-state index < -0.39 is 4.92 Å². The van der Waals surface area contributed by atoms with E-state index in [2.05, 4.69) is 29.8 Å². The van der Waals surface area contributed by atoms with E-state index in [1.54, 1.807) is 12.1 Å². The van der Waals surface area contributed by atoms with Gasteiger partial charge in [-0.25, -0.2) is 0 Å². The van der Waals surface area contributed by atoms with Gasteiger partial charge in [-0.2, -0.15) is 0 Å². The Morgan fingerprint density at radius 2 is 2.18 bits per heavy atom. The number of hydrogen-bond donors (Lipinski definition) is 0. The molecule has 0 aliphatic rings. The average Bonchev–Trinajstić information content (AvgIpc) is 2.25. The fraction of sp³-hybridized carbons (Fsp3) is 0.500. The predicted octanol–water partition coefficient (Wildman–Crippen LogP) is 3.92. The largest absolute Gasteiger partial charge is 0.377 e. The summed E-state index contributed by atoms with van der Waals surface area (Å²) < 4.78 is 5.96. The lowest BCUT2D eigenvalue weighted by Crippen LogP contribution is -2.00. The lowest BCUT2D eigenvalue weighted by Gasteiger charge is -2.06. The van der Waals surface area contributed by atoms with E-state index in [4.69, 9.17) is 4.74 Å². The van der Waals surface area contributed by atoms with Gasteiger partial charge in [0.15, 0.2) is 0 Å². The smallest absolute Gasteiger partial charge is 0.283 e. The highest BCUT2D eigenvalue weighted by atomic mass is 79.9. The normalized spacial score (nSPS) is 10.8. The molecule has 1 aromatic carbocycles. The molecular weight excluding hydrogens is 286 g/mol. The first-order chi connectivity index (χ1) is 8.00. The lowest BCUT2D eigenvalue weighted by atomic mass is 10.1. The van der Waals surface area contributed by atoms with Gasteiger partial charge in [0.25, 0.3) is 5.69 Å². The molecule has 0 spiro atoms. The van der Waals surface area contributed by atoms with E-state index in [9.17, 15) is 10.1 Å². The Balaban J connectivity index is 2.54. The molecule has 0 aliphatic heterocycles. The van der Waals surface area contributed by atoms with Crippen molar-refractivity contribution < 1.29 is 9.66 Å². The van der Waals surface area contributed by atoms with Gasteiger partial charge in [-0.05, 0) is 39.9 Å². The zero-order valence-corrected chi connectivity index (χ0v) is 11.6. The van der Waals surface area contributed by atoms with Crippen molar-refractivity contribution in [1.29, 1.82) is 0 Å². The Hall–Kier alpha value is -0.940. The molecule has 94 valence electrons. The minimum absolute atomic E-state index is 0.0787. The van der Waals surface area contributed by atoms with Crippen LogP contribution in [-0.4, -0.2) is 11.5 Å². The van der Waals surface area contributed by atoms with Crippen LogP contribution >= 0.6 is 15.9 Å². The van der Waals surface area contributed by atoms with Gasteiger partial charge >= 0.3 is 0 Å². The lowest BCUT2D eigenvalue weighted by molar-refractivity contribution is -0.385. The molecule has 0 bridgehead atoms. The molecule has 0 atom stereocenters. The van der Waals surface area contributed by atoms with Gasteiger partial charge in [-0.3, -0.25) is 10.1 Å². The number of nitro benzene ring substituents is 1. The zero-order valence-electron chi connectivity index (χ0n) is 9.98. The second-order valence-electron chi connectivity index (χ2n) is 4.28. The van der Waals surface area contributed by atoms with Crippen LogP contribution in [0.25, 0.3) is 0 Å². The van der Waals surface area contributed by atoms with Crippen molar-refractivity contribution in [3.8, 4) is 0 Å². The summed E-state index contributed by atoms with van der Waals surface area (Å²) in [5.41, 5.74) is 0.901. The molecule has 0 N–H and O–H groups in total. The highest BCUT2D eigenvalue weighted by Crippen LogP contribution is 2.25. The summed E-state index contributed by atoms with van der Waals surface area (Å²) in [7, 11) is 0. The molecule has 4 nitrogen and oxygen atoms in total. The van der Waals surface area contributed by atoms with Crippen LogP contribution in [-0.2, 0) is 11.3 Å². The van der Waals surface area contributed by atoms with Gasteiger partial charge < -0.3 is 4.74 Å². The van der Waals surface area contributed by atoms with Gasteiger partial charge in [0.05, 0.1) is 16.0 Å². The van der Waals surface area contributed by atoms with E-state index in [0.717, 1.165) is 12.0 Å². The van der Waals surface area contributed by atoms with Gasteiger partial charge in [0, 0.05) is 12.7 Å². The summed E-state index contributed by atoms with van der Waals surface area (Å²) >= 11 is 3.15. The van der Waals surface area contributed by atoms with Crippen LogP contribution in [0, 0.1) is 16.0 Å². The van der Waals surface area contributed by atoms with Crippen molar-refractivity contribution in [2.75, 3.05) is 6.61 Å². The standard InChI is InChI=1S/C12H16BrNO3/c1-9(2)5-6-17-8-10-3-4-11(13)12(7-10)14(15)16/h3-4,7,9H,5-6,8H2,1-2H3. The summed E-state index contributed by atoms with van der Waals surface area (Å²) in [5.74, 6) is 0.606. The number of nitro groups is 1. The number of benzene rings is 1. The molecule has 0 aromatic heterocycles. The van der Waals surface area contributed by atoms with E-state index in [0.29, 0.717) is 23.6 Å². The van der Waals surface area contributed by atoms with Crippen LogP contribution < -0.4 is 0 Å². The molecule has 17 heavy (non-hydrogen) atoms. The first kappa shape index (κ1) is 14.1. The van der Waals surface area contributed by atoms with Crippen LogP contribution in [0.4, 0.5) is 5.69 Å². The second kappa shape index (κ2) is 6.71. The number of rotatable bonds is 6. The Morgan fingerprint density at radius 1 is 1.47 bits per heavy atom. The monoisotopic (exact) mass is 301 g/mol. The summed E-state index contributed by atoms with van der Waals surface area (Å²) in [5, 5.41) is 10.7. The molecule has 0 fully saturated rings. The van der Waals surface area contributed by atoms with Crippen molar-refractivity contribution >= 4 is 21.6 Å². The topological polar surface area (TPSA) is 52.4 Å². The fourth-order valence-electron chi connectivity index (χ4n) is 1.30. The van der Waals surface area contributed by atoms with Crippen LogP contribution in [0.1, 0.15) is 25.8 Å². The SMILES string of the molecule is CC(C)CCOCc1ccc(Br)c([N+](=O)[O-])c1. The van der Waals surface area contributed by atoms with Crippen LogP contribution in [0.5, 0.6) is 0 Å². The first-order valence-corrected chi connectivity index (χ1v) is 6.30. The quantitative estimate of drug-likeness (QED) is 0.454. The minimum Gasteiger partial charge on any atom is -0.377 e. The van der Waals surface area contributed by atoms with Crippen LogP contribution in [0.15, 0.2) is 22.7 Å². The third-order valence-electron chi connectivity index (χ3n) is 2.32. The Morgan fingerprint density at radius 3 is 2.76 bits per heavy atom. The summed E-state index contributed by atoms with van der Waals surface area (Å²) in [4.78, 5) is 10.3. The molecule has 0 saturated carbocycles. The highest BCUT2D eigenvalue weighted by Gasteiger charge is 2.12. The second-order valence-corrected chi connectivity index (χ2v) is 5.13. The average molecular weight is 302 g/mol. The molecular formula is C12H16BrNO3. The Labute approximate surface area is 109 Å². The van der Waals surface area contributed by atoms with Crippen molar-refractivity contribution in [3.63, 3.8) is 0 Å². The minimum atomic E-state index is -0.401. The zero-order chi connectivity index (χ0) is 12.8. The van der Waals surface area contributed by atoms with Crippen molar-refractivity contribution in [1.82, 2.24) is 0 Å². The van der Waals surface area contributed by atoms with Crippen LogP contribution in [0.3, 0.4) is 0 Å². The number of nitrogens with zero attached hydrogens (tertiary/aromatic N) is 1. The molecule has 0 saturated heterocycles. The first-order valence-electron chi connectivity index (χ1n) is 5.51. The van der Waals surface area contributed by atoms with E-state index >= 15 is 0 Å². The molecule has 0 unspecified atom stereocenters. The molecule has 1 aromatic rings. The highest BCUT2D eigenvalue weighted by molar-refractivity contribution is 9.10. The predicted molar refractivity (Wildman–Crippen MR) is 69.9 cm³/mol. The van der Waals surface area contributed by atoms with Gasteiger partial charge in [0.2, 0.25) is 0 Å². The van der Waals surface area contributed by atoms with Gasteiger partial charge in [-0.1, -0.05) is 19.9 Å². The maximum Gasteiger partial charge on any atom is 0.283 e. The number of hydrogen-bond acceptors (Lipinski definition) is 3. The molecule has 1 rings (SSSR count). The van der Waals surface area contributed by atoms with Gasteiger partial charge in [-0.15, -0.1) is 0 Å². The third kappa shape index (κ3) is 4.83. The molecule has 0 aliphatic carbocycles. The van der Waals surface area contributed by atoms with Crippen molar-refractivity contribution in [2.24, 2.45) is 5.92 Å². The summed E-state index contributed by atoms with van der Waals surface area (Å²) in [6.07, 6.45) is 0.999. The van der Waals surface area contributed by atoms with Gasteiger partial charge in [0.1, 0.15) is 0 Å². The van der Waals surface area contributed by atoms with E-state index in [1.807, 2.05) is 6.07 Å². The Bertz CT molecular complexity index is 393. The third-order valence-corrected chi connectivity index (χ3v) is 2.99. The van der Waals surface area contributed by atoms with Crippen LogP contribution in [0.2, 0.25) is 0 Å². The summed E-state index contributed by atoms with van der Waals surface area (Å²) in [6.45, 7) is 5.37. The summed E-state index contributed by atoms with van der Waals surface area (Å²) in [6, 6.07) is 5.05. The maximum absolute atomic E-state index is 10.7. The van der Waals surface area contributed by atoms with E-state index in [1.165, 1.54) is 0 Å². The Kier molecular flexibility index (Phi) is 5.58. The fourth-order valence-corrected chi connectivity index (χ4v) is 1.69. The van der Waals surface area contributed by atoms with E-state index in [-0.39, 0.29) is 5.69 Å². The molecule has 5 heteroatoms. The van der Waals surface area contributed by atoms with Crippen molar-refractivity contribution in [3.05, 3.63) is 38.3 Å². The number of ether oxygens (including phenoxy) is 1. The molecule has 0 amide bonds. The maximum atomic E-state index is 10.7. The molecule has 0 heterocycles.